The molecule has 1 amide bonds. The van der Waals surface area contributed by atoms with E-state index in [4.69, 9.17) is 34.8 Å². The molecule has 0 saturated carbocycles. The number of hydrogen-bond acceptors (Lipinski definition) is 2. The van der Waals surface area contributed by atoms with Crippen molar-refractivity contribution in [3.05, 3.63) is 57.0 Å². The lowest BCUT2D eigenvalue weighted by Crippen LogP contribution is -2.18. The molecule has 1 N–H and O–H groups in total. The van der Waals surface area contributed by atoms with E-state index in [2.05, 4.69) is 5.32 Å². The Morgan fingerprint density at radius 1 is 1.04 bits per heavy atom. The molecule has 2 rings (SSSR count). The first kappa shape index (κ1) is 19.2. The Morgan fingerprint density at radius 2 is 1.67 bits per heavy atom. The quantitative estimate of drug-likeness (QED) is 0.587. The smallest absolute Gasteiger partial charge is 0.325 e. The third kappa shape index (κ3) is 5.21. The highest BCUT2D eigenvalue weighted by molar-refractivity contribution is 8.00. The second kappa shape index (κ2) is 7.87. The van der Waals surface area contributed by atoms with Gasteiger partial charge in [-0.25, -0.2) is 0 Å². The summed E-state index contributed by atoms with van der Waals surface area (Å²) < 4.78 is 38.9. The van der Waals surface area contributed by atoms with Gasteiger partial charge in [-0.05, 0) is 36.4 Å². The maximum absolute atomic E-state index is 13.0. The minimum absolute atomic E-state index is 0.0691. The number of amides is 1. The Bertz CT molecular complexity index is 768. The number of anilines is 1. The van der Waals surface area contributed by atoms with Crippen LogP contribution < -0.4 is 5.32 Å². The summed E-state index contributed by atoms with van der Waals surface area (Å²) in [4.78, 5) is 12.5. The van der Waals surface area contributed by atoms with Crippen molar-refractivity contribution in [2.75, 3.05) is 11.1 Å². The summed E-state index contributed by atoms with van der Waals surface area (Å²) in [5.41, 5.74) is -1.36. The van der Waals surface area contributed by atoms with Crippen molar-refractivity contribution in [1.29, 1.82) is 0 Å². The fourth-order valence-electron chi connectivity index (χ4n) is 1.78. The van der Waals surface area contributed by atoms with E-state index in [9.17, 15) is 18.0 Å². The summed E-state index contributed by atoms with van der Waals surface area (Å²) in [7, 11) is 0. The number of rotatable bonds is 4. The number of nitrogens with one attached hydrogen (secondary N) is 1. The van der Waals surface area contributed by atoms with Crippen molar-refractivity contribution in [3.63, 3.8) is 0 Å². The summed E-state index contributed by atoms with van der Waals surface area (Å²) in [5.74, 6) is -0.733. The number of carbonyl (C=O) groups excluding carboxylic acids is 1. The molecule has 0 aromatic heterocycles. The van der Waals surface area contributed by atoms with Crippen molar-refractivity contribution in [2.45, 2.75) is 11.1 Å². The topological polar surface area (TPSA) is 29.1 Å². The van der Waals surface area contributed by atoms with Gasteiger partial charge < -0.3 is 5.32 Å². The maximum Gasteiger partial charge on any atom is 0.418 e. The van der Waals surface area contributed by atoms with E-state index >= 15 is 0 Å². The number of thioether (sulfide) groups is 1. The van der Waals surface area contributed by atoms with Crippen LogP contribution in [0.5, 0.6) is 0 Å². The van der Waals surface area contributed by atoms with Crippen LogP contribution in [0.2, 0.25) is 15.1 Å². The molecule has 0 spiro atoms. The Labute approximate surface area is 155 Å². The third-order valence-corrected chi connectivity index (χ3v) is 4.78. The second-order valence-electron chi connectivity index (χ2n) is 4.60. The van der Waals surface area contributed by atoms with Crippen LogP contribution >= 0.6 is 46.6 Å². The molecular formula is C15H9Cl3F3NOS. The van der Waals surface area contributed by atoms with Crippen molar-refractivity contribution in [3.8, 4) is 0 Å². The Balaban J connectivity index is 2.09. The monoisotopic (exact) mass is 413 g/mol. The van der Waals surface area contributed by atoms with Crippen LogP contribution in [0.15, 0.2) is 41.3 Å². The molecule has 0 heterocycles. The van der Waals surface area contributed by atoms with E-state index in [-0.39, 0.29) is 16.5 Å². The average molecular weight is 415 g/mol. The predicted molar refractivity (Wildman–Crippen MR) is 92.3 cm³/mol. The molecule has 2 aromatic rings. The molecule has 0 aliphatic rings. The molecule has 0 unspecified atom stereocenters. The minimum Gasteiger partial charge on any atom is -0.325 e. The molecule has 0 aliphatic heterocycles. The highest BCUT2D eigenvalue weighted by atomic mass is 35.5. The normalized spacial score (nSPS) is 11.4. The fraction of sp³-hybridized carbons (Fsp3) is 0.133. The van der Waals surface area contributed by atoms with Crippen LogP contribution in [0, 0.1) is 0 Å². The van der Waals surface area contributed by atoms with Gasteiger partial charge >= 0.3 is 6.18 Å². The summed E-state index contributed by atoms with van der Waals surface area (Å²) in [6.45, 7) is 0. The molecular weight excluding hydrogens is 406 g/mol. The van der Waals surface area contributed by atoms with E-state index in [0.717, 1.165) is 23.9 Å². The van der Waals surface area contributed by atoms with Crippen LogP contribution in [-0.4, -0.2) is 11.7 Å². The van der Waals surface area contributed by atoms with Gasteiger partial charge in [0.25, 0.3) is 0 Å². The lowest BCUT2D eigenvalue weighted by atomic mass is 10.1. The summed E-state index contributed by atoms with van der Waals surface area (Å²) in [6.07, 6.45) is -4.63. The van der Waals surface area contributed by atoms with Crippen molar-refractivity contribution in [2.24, 2.45) is 0 Å². The number of halogens is 6. The van der Waals surface area contributed by atoms with E-state index in [1.165, 1.54) is 6.07 Å². The third-order valence-electron chi connectivity index (χ3n) is 2.81. The first-order chi connectivity index (χ1) is 11.2. The molecule has 2 nitrogen and oxygen atoms in total. The molecule has 0 bridgehead atoms. The van der Waals surface area contributed by atoms with Crippen LogP contribution in [0.3, 0.4) is 0 Å². The molecule has 0 saturated heterocycles. The van der Waals surface area contributed by atoms with E-state index in [1.807, 2.05) is 0 Å². The van der Waals surface area contributed by atoms with Gasteiger partial charge in [-0.2, -0.15) is 13.2 Å². The largest absolute Gasteiger partial charge is 0.418 e. The molecule has 0 atom stereocenters. The molecule has 9 heteroatoms. The number of carbonyl (C=O) groups is 1. The number of benzene rings is 2. The molecule has 0 radical (unpaired) electrons. The van der Waals surface area contributed by atoms with Gasteiger partial charge in [-0.1, -0.05) is 34.8 Å². The van der Waals surface area contributed by atoms with Gasteiger partial charge in [-0.15, -0.1) is 11.8 Å². The van der Waals surface area contributed by atoms with Gasteiger partial charge in [0.2, 0.25) is 5.91 Å². The zero-order valence-electron chi connectivity index (χ0n) is 11.8. The predicted octanol–water partition coefficient (Wildman–Crippen LogP) is 6.40. The number of alkyl halides is 3. The summed E-state index contributed by atoms with van der Waals surface area (Å²) in [6, 6.07) is 7.89. The first-order valence-corrected chi connectivity index (χ1v) is 8.53. The zero-order chi connectivity index (χ0) is 17.9. The van der Waals surface area contributed by atoms with Crippen molar-refractivity contribution in [1.82, 2.24) is 0 Å². The van der Waals surface area contributed by atoms with E-state index in [0.29, 0.717) is 14.9 Å². The second-order valence-corrected chi connectivity index (χ2v) is 6.90. The molecule has 0 fully saturated rings. The highest BCUT2D eigenvalue weighted by Gasteiger charge is 2.34. The van der Waals surface area contributed by atoms with E-state index in [1.54, 1.807) is 18.2 Å². The van der Waals surface area contributed by atoms with Gasteiger partial charge in [0.1, 0.15) is 0 Å². The first-order valence-electron chi connectivity index (χ1n) is 6.41. The van der Waals surface area contributed by atoms with Gasteiger partial charge in [0.05, 0.1) is 22.0 Å². The maximum atomic E-state index is 13.0. The van der Waals surface area contributed by atoms with Crippen LogP contribution in [-0.2, 0) is 11.0 Å². The molecule has 128 valence electrons. The number of hydrogen-bond donors (Lipinski definition) is 1. The van der Waals surface area contributed by atoms with Crippen molar-refractivity contribution >= 4 is 58.2 Å². The Kier molecular flexibility index (Phi) is 6.31. The van der Waals surface area contributed by atoms with Gasteiger partial charge in [-0.3, -0.25) is 4.79 Å². The summed E-state index contributed by atoms with van der Waals surface area (Å²) >= 11 is 18.5. The standard InChI is InChI=1S/C15H9Cl3F3NOS/c16-8-2-4-12(10(5-8)15(19,20)21)22-14(23)7-24-13-6-9(17)1-3-11(13)18/h1-6H,7H2,(H,22,23). The molecule has 2 aromatic carbocycles. The minimum atomic E-state index is -4.63. The Hall–Kier alpha value is -1.08. The average Bonchev–Trinajstić information content (AvgIpc) is 2.49. The fourth-order valence-corrected chi connectivity index (χ4v) is 3.24. The molecule has 24 heavy (non-hydrogen) atoms. The van der Waals surface area contributed by atoms with Crippen LogP contribution in [0.25, 0.3) is 0 Å². The highest BCUT2D eigenvalue weighted by Crippen LogP contribution is 2.37. The molecule has 0 aliphatic carbocycles. The van der Waals surface area contributed by atoms with E-state index < -0.39 is 17.6 Å². The van der Waals surface area contributed by atoms with Crippen molar-refractivity contribution < 1.29 is 18.0 Å². The lowest BCUT2D eigenvalue weighted by Gasteiger charge is -2.14. The van der Waals surface area contributed by atoms with Crippen LogP contribution in [0.1, 0.15) is 5.56 Å². The SMILES string of the molecule is O=C(CSc1cc(Cl)ccc1Cl)Nc1ccc(Cl)cc1C(F)(F)F. The lowest BCUT2D eigenvalue weighted by molar-refractivity contribution is -0.137. The van der Waals surface area contributed by atoms with Gasteiger partial charge in [0.15, 0.2) is 0 Å². The zero-order valence-corrected chi connectivity index (χ0v) is 14.8. The van der Waals surface area contributed by atoms with Crippen LogP contribution in [0.4, 0.5) is 18.9 Å². The Morgan fingerprint density at radius 3 is 2.33 bits per heavy atom. The van der Waals surface area contributed by atoms with Gasteiger partial charge in [0, 0.05) is 14.9 Å². The summed E-state index contributed by atoms with van der Waals surface area (Å²) in [5, 5.41) is 3.01.